The van der Waals surface area contributed by atoms with Gasteiger partial charge in [0.1, 0.15) is 5.82 Å². The van der Waals surface area contributed by atoms with Crippen LogP contribution >= 0.6 is 22.6 Å². The number of hydrogen-bond donors (Lipinski definition) is 0. The molecular formula is C19H22FIN2O. The van der Waals surface area contributed by atoms with Gasteiger partial charge in [-0.3, -0.25) is 4.79 Å². The molecule has 1 amide bonds. The molecule has 0 bridgehead atoms. The topological polar surface area (TPSA) is 23.6 Å². The lowest BCUT2D eigenvalue weighted by molar-refractivity contribution is 0.0751. The van der Waals surface area contributed by atoms with E-state index < -0.39 is 0 Å². The Morgan fingerprint density at radius 1 is 1.04 bits per heavy atom. The van der Waals surface area contributed by atoms with Crippen LogP contribution in [0.15, 0.2) is 42.5 Å². The van der Waals surface area contributed by atoms with E-state index in [0.717, 1.165) is 12.1 Å². The average Bonchev–Trinajstić information content (AvgIpc) is 2.53. The standard InChI is InChI=1S/C19H22FIN2O/c1-4-23(19(24)17-10-9-16(20)11-18(17)21)13-15-7-5-14(6-8-15)12-22(2)3/h5-11H,4,12-13H2,1-3H3. The molecule has 0 aliphatic carbocycles. The van der Waals surface area contributed by atoms with Gasteiger partial charge in [-0.2, -0.15) is 0 Å². The molecule has 0 fully saturated rings. The second-order valence-electron chi connectivity index (χ2n) is 6.00. The van der Waals surface area contributed by atoms with E-state index in [1.54, 1.807) is 11.0 Å². The number of carbonyl (C=O) groups excluding carboxylic acids is 1. The van der Waals surface area contributed by atoms with Crippen molar-refractivity contribution in [1.29, 1.82) is 0 Å². The van der Waals surface area contributed by atoms with Crippen molar-refractivity contribution in [2.75, 3.05) is 20.6 Å². The highest BCUT2D eigenvalue weighted by Crippen LogP contribution is 2.18. The Labute approximate surface area is 156 Å². The summed E-state index contributed by atoms with van der Waals surface area (Å²) in [7, 11) is 4.07. The summed E-state index contributed by atoms with van der Waals surface area (Å²) in [6.45, 7) is 4.00. The third-order valence-electron chi connectivity index (χ3n) is 3.73. The SMILES string of the molecule is CCN(Cc1ccc(CN(C)C)cc1)C(=O)c1ccc(F)cc1I. The predicted molar refractivity (Wildman–Crippen MR) is 103 cm³/mol. The summed E-state index contributed by atoms with van der Waals surface area (Å²) in [5.74, 6) is -0.394. The van der Waals surface area contributed by atoms with Gasteiger partial charge in [0.05, 0.1) is 5.56 Å². The van der Waals surface area contributed by atoms with Crippen LogP contribution in [0.25, 0.3) is 0 Å². The fourth-order valence-corrected chi connectivity index (χ4v) is 3.20. The molecule has 0 spiro atoms. The van der Waals surface area contributed by atoms with Crippen LogP contribution in [-0.2, 0) is 13.1 Å². The molecule has 24 heavy (non-hydrogen) atoms. The Morgan fingerprint density at radius 3 is 2.12 bits per heavy atom. The zero-order valence-electron chi connectivity index (χ0n) is 14.2. The molecule has 0 heterocycles. The second kappa shape index (κ2) is 8.58. The monoisotopic (exact) mass is 440 g/mol. The van der Waals surface area contributed by atoms with Crippen LogP contribution in [0, 0.1) is 9.39 Å². The van der Waals surface area contributed by atoms with Crippen molar-refractivity contribution in [2.45, 2.75) is 20.0 Å². The quantitative estimate of drug-likeness (QED) is 0.631. The maximum atomic E-state index is 13.2. The first-order valence-electron chi connectivity index (χ1n) is 7.87. The Kier molecular flexibility index (Phi) is 6.74. The van der Waals surface area contributed by atoms with Crippen LogP contribution in [0.5, 0.6) is 0 Å². The Balaban J connectivity index is 2.12. The highest BCUT2D eigenvalue weighted by atomic mass is 127. The summed E-state index contributed by atoms with van der Waals surface area (Å²) in [4.78, 5) is 16.6. The molecule has 0 radical (unpaired) electrons. The van der Waals surface area contributed by atoms with Gasteiger partial charge in [0.25, 0.3) is 5.91 Å². The van der Waals surface area contributed by atoms with E-state index in [1.807, 2.05) is 43.6 Å². The van der Waals surface area contributed by atoms with E-state index >= 15 is 0 Å². The van der Waals surface area contributed by atoms with Crippen molar-refractivity contribution in [1.82, 2.24) is 9.80 Å². The van der Waals surface area contributed by atoms with E-state index in [1.165, 1.54) is 17.7 Å². The third-order valence-corrected chi connectivity index (χ3v) is 4.62. The number of hydrogen-bond acceptors (Lipinski definition) is 2. The van der Waals surface area contributed by atoms with Crippen LogP contribution in [-0.4, -0.2) is 36.3 Å². The number of halogens is 2. The molecule has 128 valence electrons. The van der Waals surface area contributed by atoms with Crippen molar-refractivity contribution in [3.63, 3.8) is 0 Å². The molecular weight excluding hydrogens is 418 g/mol. The maximum absolute atomic E-state index is 13.2. The van der Waals surface area contributed by atoms with Gasteiger partial charge in [0, 0.05) is 23.2 Å². The lowest BCUT2D eigenvalue weighted by Gasteiger charge is -2.22. The summed E-state index contributed by atoms with van der Waals surface area (Å²) in [6, 6.07) is 12.6. The zero-order chi connectivity index (χ0) is 17.7. The highest BCUT2D eigenvalue weighted by molar-refractivity contribution is 14.1. The normalized spacial score (nSPS) is 10.9. The highest BCUT2D eigenvalue weighted by Gasteiger charge is 2.17. The Hall–Kier alpha value is -1.47. The van der Waals surface area contributed by atoms with Crippen LogP contribution in [0.4, 0.5) is 4.39 Å². The fraction of sp³-hybridized carbons (Fsp3) is 0.316. The lowest BCUT2D eigenvalue weighted by atomic mass is 10.1. The maximum Gasteiger partial charge on any atom is 0.255 e. The summed E-state index contributed by atoms with van der Waals surface area (Å²) in [5, 5.41) is 0. The minimum absolute atomic E-state index is 0.0701. The molecule has 0 aliphatic heterocycles. The molecule has 3 nitrogen and oxygen atoms in total. The van der Waals surface area contributed by atoms with E-state index in [2.05, 4.69) is 29.2 Å². The molecule has 0 N–H and O–H groups in total. The molecule has 5 heteroatoms. The molecule has 0 aromatic heterocycles. The van der Waals surface area contributed by atoms with E-state index in [-0.39, 0.29) is 11.7 Å². The smallest absolute Gasteiger partial charge is 0.255 e. The number of benzene rings is 2. The minimum Gasteiger partial charge on any atom is -0.335 e. The fourth-order valence-electron chi connectivity index (χ4n) is 2.50. The molecule has 0 saturated carbocycles. The summed E-state index contributed by atoms with van der Waals surface area (Å²) in [5.41, 5.74) is 2.87. The first-order valence-corrected chi connectivity index (χ1v) is 8.95. The van der Waals surface area contributed by atoms with E-state index in [9.17, 15) is 9.18 Å². The Bertz CT molecular complexity index is 701. The lowest BCUT2D eigenvalue weighted by Crippen LogP contribution is -2.30. The van der Waals surface area contributed by atoms with Gasteiger partial charge in [-0.1, -0.05) is 24.3 Å². The van der Waals surface area contributed by atoms with Gasteiger partial charge < -0.3 is 9.80 Å². The third kappa shape index (κ3) is 5.01. The zero-order valence-corrected chi connectivity index (χ0v) is 16.4. The van der Waals surface area contributed by atoms with Crippen LogP contribution in [0.3, 0.4) is 0 Å². The summed E-state index contributed by atoms with van der Waals surface area (Å²) in [6.07, 6.45) is 0. The van der Waals surface area contributed by atoms with Gasteiger partial charge in [-0.25, -0.2) is 4.39 Å². The van der Waals surface area contributed by atoms with Crippen molar-refractivity contribution < 1.29 is 9.18 Å². The van der Waals surface area contributed by atoms with Crippen molar-refractivity contribution >= 4 is 28.5 Å². The van der Waals surface area contributed by atoms with Gasteiger partial charge in [-0.15, -0.1) is 0 Å². The Morgan fingerprint density at radius 2 is 1.62 bits per heavy atom. The van der Waals surface area contributed by atoms with Crippen molar-refractivity contribution in [3.05, 3.63) is 68.5 Å². The molecule has 0 unspecified atom stereocenters. The summed E-state index contributed by atoms with van der Waals surface area (Å²) < 4.78 is 13.9. The second-order valence-corrected chi connectivity index (χ2v) is 7.16. The first-order chi connectivity index (χ1) is 11.4. The minimum atomic E-state index is -0.324. The number of rotatable bonds is 6. The van der Waals surface area contributed by atoms with Crippen LogP contribution in [0.1, 0.15) is 28.4 Å². The van der Waals surface area contributed by atoms with Crippen LogP contribution in [0.2, 0.25) is 0 Å². The molecule has 2 aromatic carbocycles. The van der Waals surface area contributed by atoms with Gasteiger partial charge in [0.2, 0.25) is 0 Å². The van der Waals surface area contributed by atoms with Gasteiger partial charge in [-0.05, 0) is 72.9 Å². The molecule has 0 saturated heterocycles. The predicted octanol–water partition coefficient (Wildman–Crippen LogP) is 4.15. The number of carbonyl (C=O) groups is 1. The molecule has 0 aliphatic rings. The average molecular weight is 440 g/mol. The number of amides is 1. The molecule has 2 rings (SSSR count). The summed E-state index contributed by atoms with van der Waals surface area (Å²) >= 11 is 2.01. The van der Waals surface area contributed by atoms with E-state index in [4.69, 9.17) is 0 Å². The largest absolute Gasteiger partial charge is 0.335 e. The van der Waals surface area contributed by atoms with Crippen molar-refractivity contribution in [3.8, 4) is 0 Å². The van der Waals surface area contributed by atoms with E-state index in [0.29, 0.717) is 22.2 Å². The first kappa shape index (κ1) is 18.9. The molecule has 2 aromatic rings. The number of nitrogens with zero attached hydrogens (tertiary/aromatic N) is 2. The van der Waals surface area contributed by atoms with Gasteiger partial charge in [0.15, 0.2) is 0 Å². The van der Waals surface area contributed by atoms with Gasteiger partial charge >= 0.3 is 0 Å². The molecule has 0 atom stereocenters. The van der Waals surface area contributed by atoms with Crippen LogP contribution < -0.4 is 0 Å². The van der Waals surface area contributed by atoms with Crippen molar-refractivity contribution in [2.24, 2.45) is 0 Å².